The molecule has 1 atom stereocenters. The number of halogens is 2. The van der Waals surface area contributed by atoms with Crippen molar-refractivity contribution in [2.45, 2.75) is 17.4 Å². The molecule has 4 rings (SSSR count). The van der Waals surface area contributed by atoms with Crippen LogP contribution in [0.25, 0.3) is 0 Å². The van der Waals surface area contributed by atoms with Crippen molar-refractivity contribution in [2.24, 2.45) is 0 Å². The average molecular weight is 468 g/mol. The zero-order valence-electron chi connectivity index (χ0n) is 15.9. The largest absolute Gasteiger partial charge is 0.289 e. The molecule has 2 fully saturated rings. The molecule has 0 saturated carbocycles. The van der Waals surface area contributed by atoms with Crippen LogP contribution < -0.4 is 4.90 Å². The molecule has 10 heteroatoms. The van der Waals surface area contributed by atoms with E-state index in [1.165, 1.54) is 21.3 Å². The Balaban J connectivity index is 1.44. The maximum absolute atomic E-state index is 12.9. The first kappa shape index (κ1) is 21.3. The first-order chi connectivity index (χ1) is 14.3. The van der Waals surface area contributed by atoms with E-state index < -0.39 is 16.1 Å². The van der Waals surface area contributed by atoms with Gasteiger partial charge in [-0.15, -0.1) is 0 Å². The van der Waals surface area contributed by atoms with Crippen molar-refractivity contribution in [1.29, 1.82) is 0 Å². The molecule has 2 aromatic carbocycles. The number of hydrogen-bond acceptors (Lipinski definition) is 5. The summed E-state index contributed by atoms with van der Waals surface area (Å²) in [6, 6.07) is 12.0. The van der Waals surface area contributed by atoms with E-state index in [2.05, 4.69) is 0 Å². The van der Waals surface area contributed by atoms with Crippen LogP contribution in [0.2, 0.25) is 10.0 Å². The third kappa shape index (κ3) is 3.98. The second kappa shape index (κ2) is 8.28. The number of benzene rings is 2. The minimum absolute atomic E-state index is 0.0748. The number of amides is 2. The lowest BCUT2D eigenvalue weighted by molar-refractivity contribution is -0.123. The van der Waals surface area contributed by atoms with Crippen LogP contribution in [0.3, 0.4) is 0 Å². The summed E-state index contributed by atoms with van der Waals surface area (Å²) in [7, 11) is -3.63. The quantitative estimate of drug-likeness (QED) is 0.645. The number of anilines is 1. The smallest absolute Gasteiger partial charge is 0.251 e. The Morgan fingerprint density at radius 1 is 0.800 bits per heavy atom. The molecule has 7 nitrogen and oxygen atoms in total. The topological polar surface area (TPSA) is 78.0 Å². The fourth-order valence-corrected chi connectivity index (χ4v) is 5.45. The highest BCUT2D eigenvalue weighted by Crippen LogP contribution is 2.28. The third-order valence-corrected chi connectivity index (χ3v) is 7.79. The maximum Gasteiger partial charge on any atom is 0.251 e. The molecule has 0 aromatic heterocycles. The SMILES string of the molecule is O=C1CC(N2CCN(S(=O)(=O)c3ccc(Cl)cc3)CC2)C(=O)N1c1ccc(Cl)cc1. The fourth-order valence-electron chi connectivity index (χ4n) is 3.77. The van der Waals surface area contributed by atoms with E-state index >= 15 is 0 Å². The van der Waals surface area contributed by atoms with Crippen molar-refractivity contribution < 1.29 is 18.0 Å². The number of carbonyl (C=O) groups excluding carboxylic acids is 2. The van der Waals surface area contributed by atoms with E-state index in [0.717, 1.165) is 0 Å². The molecule has 2 aliphatic rings. The molecular formula is C20H19Cl2N3O4S. The first-order valence-corrected chi connectivity index (χ1v) is 11.6. The highest BCUT2D eigenvalue weighted by Gasteiger charge is 2.44. The van der Waals surface area contributed by atoms with Crippen molar-refractivity contribution in [1.82, 2.24) is 9.21 Å². The summed E-state index contributed by atoms with van der Waals surface area (Å²) < 4.78 is 27.1. The number of carbonyl (C=O) groups is 2. The highest BCUT2D eigenvalue weighted by molar-refractivity contribution is 7.89. The molecule has 2 aromatic rings. The predicted molar refractivity (Wildman–Crippen MR) is 114 cm³/mol. The van der Waals surface area contributed by atoms with Gasteiger partial charge in [-0.05, 0) is 48.5 Å². The monoisotopic (exact) mass is 467 g/mol. The molecule has 0 spiro atoms. The van der Waals surface area contributed by atoms with Gasteiger partial charge in [0.1, 0.15) is 0 Å². The molecule has 2 amide bonds. The number of nitrogens with zero attached hydrogens (tertiary/aromatic N) is 3. The Morgan fingerprint density at radius 3 is 1.90 bits per heavy atom. The molecule has 30 heavy (non-hydrogen) atoms. The Hall–Kier alpha value is -1.97. The van der Waals surface area contributed by atoms with Gasteiger partial charge in [0.05, 0.1) is 23.0 Å². The lowest BCUT2D eigenvalue weighted by Gasteiger charge is -2.36. The number of imide groups is 1. The van der Waals surface area contributed by atoms with Crippen LogP contribution in [0, 0.1) is 0 Å². The Kier molecular flexibility index (Phi) is 5.87. The zero-order valence-corrected chi connectivity index (χ0v) is 18.2. The van der Waals surface area contributed by atoms with Gasteiger partial charge in [-0.1, -0.05) is 23.2 Å². The van der Waals surface area contributed by atoms with Crippen molar-refractivity contribution in [2.75, 3.05) is 31.1 Å². The highest BCUT2D eigenvalue weighted by atomic mass is 35.5. The van der Waals surface area contributed by atoms with Gasteiger partial charge in [-0.2, -0.15) is 4.31 Å². The molecule has 0 bridgehead atoms. The van der Waals surface area contributed by atoms with Crippen molar-refractivity contribution in [3.63, 3.8) is 0 Å². The molecule has 0 N–H and O–H groups in total. The van der Waals surface area contributed by atoms with Crippen LogP contribution in [0.5, 0.6) is 0 Å². The van der Waals surface area contributed by atoms with Crippen LogP contribution >= 0.6 is 23.2 Å². The van der Waals surface area contributed by atoms with Gasteiger partial charge in [-0.3, -0.25) is 14.5 Å². The second-order valence-corrected chi connectivity index (χ2v) is 9.97. The van der Waals surface area contributed by atoms with Crippen LogP contribution in [0.1, 0.15) is 6.42 Å². The summed E-state index contributed by atoms with van der Waals surface area (Å²) in [6.45, 7) is 1.21. The van der Waals surface area contributed by atoms with Gasteiger partial charge in [-0.25, -0.2) is 13.3 Å². The number of sulfonamides is 1. The Labute approximate surface area is 184 Å². The molecule has 1 unspecified atom stereocenters. The molecular weight excluding hydrogens is 449 g/mol. The molecule has 2 saturated heterocycles. The zero-order chi connectivity index (χ0) is 21.5. The third-order valence-electron chi connectivity index (χ3n) is 5.37. The second-order valence-electron chi connectivity index (χ2n) is 7.16. The summed E-state index contributed by atoms with van der Waals surface area (Å²) in [5, 5.41) is 0.987. The number of hydrogen-bond donors (Lipinski definition) is 0. The summed E-state index contributed by atoms with van der Waals surface area (Å²) in [5.74, 6) is -0.570. The van der Waals surface area contributed by atoms with Gasteiger partial charge in [0, 0.05) is 36.2 Å². The Morgan fingerprint density at radius 2 is 1.33 bits per heavy atom. The van der Waals surface area contributed by atoms with Gasteiger partial charge in [0.25, 0.3) is 5.91 Å². The molecule has 0 radical (unpaired) electrons. The Bertz CT molecular complexity index is 1070. The van der Waals surface area contributed by atoms with E-state index in [-0.39, 0.29) is 36.2 Å². The summed E-state index contributed by atoms with van der Waals surface area (Å²) in [6.07, 6.45) is 0.0748. The minimum atomic E-state index is -3.63. The van der Waals surface area contributed by atoms with Crippen LogP contribution in [-0.4, -0.2) is 61.7 Å². The summed E-state index contributed by atoms with van der Waals surface area (Å²) >= 11 is 11.7. The van der Waals surface area contributed by atoms with Gasteiger partial charge in [0.15, 0.2) is 0 Å². The number of piperazine rings is 1. The lowest BCUT2D eigenvalue weighted by atomic mass is 10.2. The average Bonchev–Trinajstić information content (AvgIpc) is 3.03. The van der Waals surface area contributed by atoms with E-state index in [1.807, 2.05) is 4.90 Å². The summed E-state index contributed by atoms with van der Waals surface area (Å²) in [4.78, 5) is 28.6. The molecule has 2 heterocycles. The normalized spacial score (nSPS) is 21.4. The van der Waals surface area contributed by atoms with Crippen molar-refractivity contribution in [3.8, 4) is 0 Å². The number of rotatable bonds is 4. The first-order valence-electron chi connectivity index (χ1n) is 9.39. The van der Waals surface area contributed by atoms with Crippen LogP contribution in [0.4, 0.5) is 5.69 Å². The molecule has 0 aliphatic carbocycles. The minimum Gasteiger partial charge on any atom is -0.289 e. The van der Waals surface area contributed by atoms with Crippen LogP contribution in [0.15, 0.2) is 53.4 Å². The van der Waals surface area contributed by atoms with Crippen molar-refractivity contribution >= 4 is 50.7 Å². The van der Waals surface area contributed by atoms with Gasteiger partial charge < -0.3 is 0 Å². The maximum atomic E-state index is 12.9. The standard InChI is InChI=1S/C20H19Cl2N3O4S/c21-14-1-5-16(6-2-14)25-19(26)13-18(20(25)27)23-9-11-24(12-10-23)30(28,29)17-7-3-15(22)4-8-17/h1-8,18H,9-13H2. The van der Waals surface area contributed by atoms with E-state index in [0.29, 0.717) is 28.8 Å². The molecule has 158 valence electrons. The van der Waals surface area contributed by atoms with E-state index in [1.54, 1.807) is 36.4 Å². The predicted octanol–water partition coefficient (Wildman–Crippen LogP) is 2.63. The fraction of sp³-hybridized carbons (Fsp3) is 0.300. The van der Waals surface area contributed by atoms with Crippen LogP contribution in [-0.2, 0) is 19.6 Å². The summed E-state index contributed by atoms with van der Waals surface area (Å²) in [5.41, 5.74) is 0.487. The molecule has 2 aliphatic heterocycles. The van der Waals surface area contributed by atoms with E-state index in [4.69, 9.17) is 23.2 Å². The lowest BCUT2D eigenvalue weighted by Crippen LogP contribution is -2.53. The van der Waals surface area contributed by atoms with Gasteiger partial charge in [0.2, 0.25) is 15.9 Å². The van der Waals surface area contributed by atoms with E-state index in [9.17, 15) is 18.0 Å². The van der Waals surface area contributed by atoms with Gasteiger partial charge >= 0.3 is 0 Å². The van der Waals surface area contributed by atoms with Crippen molar-refractivity contribution in [3.05, 3.63) is 58.6 Å².